The maximum atomic E-state index is 12.9. The summed E-state index contributed by atoms with van der Waals surface area (Å²) in [5, 5.41) is 0. The van der Waals surface area contributed by atoms with Crippen LogP contribution in [0.3, 0.4) is 0 Å². The molecule has 2 aliphatic heterocycles. The second kappa shape index (κ2) is 7.90. The molecule has 0 saturated carbocycles. The molecule has 0 radical (unpaired) electrons. The molecule has 0 atom stereocenters. The van der Waals surface area contributed by atoms with Crippen LogP contribution in [0.4, 0.5) is 5.82 Å². The Hall–Kier alpha value is -2.36. The monoisotopic (exact) mass is 349 g/mol. The van der Waals surface area contributed by atoms with Crippen molar-refractivity contribution in [2.45, 2.75) is 32.1 Å². The molecule has 26 heavy (non-hydrogen) atoms. The molecule has 2 aliphatic rings. The standard InChI is InChI=1S/C22H27N3O/c26-22(25-13-4-5-14-25)20-9-6-12-23-21(20)24-15-10-19(11-16-24)17-18-7-2-1-3-8-18/h1-3,6-9,12,19H,4-5,10-11,13-17H2. The molecule has 136 valence electrons. The molecule has 2 aromatic rings. The van der Waals surface area contributed by atoms with Gasteiger partial charge in [0.25, 0.3) is 5.91 Å². The topological polar surface area (TPSA) is 36.4 Å². The quantitative estimate of drug-likeness (QED) is 0.843. The summed E-state index contributed by atoms with van der Waals surface area (Å²) in [6.45, 7) is 3.72. The van der Waals surface area contributed by atoms with Crippen molar-refractivity contribution in [1.82, 2.24) is 9.88 Å². The molecule has 0 unspecified atom stereocenters. The number of hydrogen-bond donors (Lipinski definition) is 0. The summed E-state index contributed by atoms with van der Waals surface area (Å²) in [6.07, 6.45) is 7.51. The minimum Gasteiger partial charge on any atom is -0.356 e. The molecule has 4 nitrogen and oxygen atoms in total. The van der Waals surface area contributed by atoms with Crippen LogP contribution in [-0.2, 0) is 6.42 Å². The molecule has 2 saturated heterocycles. The first kappa shape index (κ1) is 17.1. The minimum absolute atomic E-state index is 0.150. The predicted molar refractivity (Wildman–Crippen MR) is 104 cm³/mol. The van der Waals surface area contributed by atoms with Gasteiger partial charge >= 0.3 is 0 Å². The Morgan fingerprint density at radius 1 is 0.962 bits per heavy atom. The number of rotatable bonds is 4. The largest absolute Gasteiger partial charge is 0.356 e. The van der Waals surface area contributed by atoms with Crippen LogP contribution in [0.15, 0.2) is 48.7 Å². The Labute approximate surface area is 155 Å². The van der Waals surface area contributed by atoms with Gasteiger partial charge in [0.2, 0.25) is 0 Å². The molecule has 0 spiro atoms. The number of aromatic nitrogens is 1. The van der Waals surface area contributed by atoms with Gasteiger partial charge in [-0.25, -0.2) is 4.98 Å². The van der Waals surface area contributed by atoms with Crippen LogP contribution in [0.25, 0.3) is 0 Å². The number of anilines is 1. The lowest BCUT2D eigenvalue weighted by molar-refractivity contribution is 0.0793. The van der Waals surface area contributed by atoms with Gasteiger partial charge < -0.3 is 9.80 Å². The third-order valence-electron chi connectivity index (χ3n) is 5.69. The number of amides is 1. The normalized spacial score (nSPS) is 18.3. The SMILES string of the molecule is O=C(c1cccnc1N1CCC(Cc2ccccc2)CC1)N1CCCC1. The van der Waals surface area contributed by atoms with Crippen LogP contribution in [0, 0.1) is 5.92 Å². The number of nitrogens with zero attached hydrogens (tertiary/aromatic N) is 3. The van der Waals surface area contributed by atoms with Crippen LogP contribution in [0.1, 0.15) is 41.6 Å². The summed E-state index contributed by atoms with van der Waals surface area (Å²) < 4.78 is 0. The van der Waals surface area contributed by atoms with Crippen molar-refractivity contribution < 1.29 is 4.79 Å². The fraction of sp³-hybridized carbons (Fsp3) is 0.455. The van der Waals surface area contributed by atoms with Gasteiger partial charge in [0.1, 0.15) is 5.82 Å². The van der Waals surface area contributed by atoms with Crippen LogP contribution >= 0.6 is 0 Å². The molecule has 1 aromatic heterocycles. The van der Waals surface area contributed by atoms with E-state index in [4.69, 9.17) is 0 Å². The van der Waals surface area contributed by atoms with Crippen molar-refractivity contribution >= 4 is 11.7 Å². The number of carbonyl (C=O) groups excluding carboxylic acids is 1. The Morgan fingerprint density at radius 3 is 2.42 bits per heavy atom. The van der Waals surface area contributed by atoms with Crippen molar-refractivity contribution in [1.29, 1.82) is 0 Å². The number of benzene rings is 1. The number of pyridine rings is 1. The lowest BCUT2D eigenvalue weighted by atomic mass is 9.90. The Bertz CT molecular complexity index is 732. The zero-order valence-corrected chi connectivity index (χ0v) is 15.3. The van der Waals surface area contributed by atoms with E-state index in [-0.39, 0.29) is 5.91 Å². The van der Waals surface area contributed by atoms with Crippen molar-refractivity contribution in [2.75, 3.05) is 31.1 Å². The van der Waals surface area contributed by atoms with Crippen LogP contribution in [0.5, 0.6) is 0 Å². The first-order valence-electron chi connectivity index (χ1n) is 9.84. The molecular weight excluding hydrogens is 322 g/mol. The highest BCUT2D eigenvalue weighted by Gasteiger charge is 2.27. The van der Waals surface area contributed by atoms with Gasteiger partial charge in [-0.2, -0.15) is 0 Å². The fourth-order valence-electron chi connectivity index (χ4n) is 4.20. The minimum atomic E-state index is 0.150. The number of piperidine rings is 1. The predicted octanol–water partition coefficient (Wildman–Crippen LogP) is 3.78. The highest BCUT2D eigenvalue weighted by molar-refractivity contribution is 5.99. The van der Waals surface area contributed by atoms with Gasteiger partial charge in [0, 0.05) is 32.4 Å². The third kappa shape index (κ3) is 3.74. The number of hydrogen-bond acceptors (Lipinski definition) is 3. The smallest absolute Gasteiger partial charge is 0.257 e. The Kier molecular flexibility index (Phi) is 5.19. The lowest BCUT2D eigenvalue weighted by Gasteiger charge is -2.34. The lowest BCUT2D eigenvalue weighted by Crippen LogP contribution is -2.37. The van der Waals surface area contributed by atoms with Crippen molar-refractivity contribution in [3.63, 3.8) is 0 Å². The van der Waals surface area contributed by atoms with Gasteiger partial charge in [-0.15, -0.1) is 0 Å². The van der Waals surface area contributed by atoms with E-state index in [1.807, 2.05) is 23.2 Å². The summed E-state index contributed by atoms with van der Waals surface area (Å²) in [4.78, 5) is 21.7. The van der Waals surface area contributed by atoms with Gasteiger partial charge in [-0.1, -0.05) is 30.3 Å². The van der Waals surface area contributed by atoms with E-state index in [0.29, 0.717) is 0 Å². The van der Waals surface area contributed by atoms with Gasteiger partial charge in [-0.3, -0.25) is 4.79 Å². The molecule has 4 rings (SSSR count). The van der Waals surface area contributed by atoms with E-state index in [9.17, 15) is 4.79 Å². The molecular formula is C22H27N3O. The van der Waals surface area contributed by atoms with E-state index < -0.39 is 0 Å². The summed E-state index contributed by atoms with van der Waals surface area (Å²) in [5.41, 5.74) is 2.20. The molecule has 3 heterocycles. The zero-order chi connectivity index (χ0) is 17.8. The molecule has 0 aliphatic carbocycles. The zero-order valence-electron chi connectivity index (χ0n) is 15.3. The maximum absolute atomic E-state index is 12.9. The van der Waals surface area contributed by atoms with Crippen LogP contribution in [0.2, 0.25) is 0 Å². The fourth-order valence-corrected chi connectivity index (χ4v) is 4.20. The van der Waals surface area contributed by atoms with Crippen LogP contribution < -0.4 is 4.90 Å². The summed E-state index contributed by atoms with van der Waals surface area (Å²) in [5.74, 6) is 1.75. The summed E-state index contributed by atoms with van der Waals surface area (Å²) >= 11 is 0. The van der Waals surface area contributed by atoms with Gasteiger partial charge in [0.05, 0.1) is 5.56 Å². The molecule has 1 amide bonds. The Balaban J connectivity index is 1.42. The average Bonchev–Trinajstić information content (AvgIpc) is 3.24. The second-order valence-corrected chi connectivity index (χ2v) is 7.49. The van der Waals surface area contributed by atoms with Crippen molar-refractivity contribution in [3.05, 3.63) is 59.8 Å². The van der Waals surface area contributed by atoms with Crippen molar-refractivity contribution in [3.8, 4) is 0 Å². The van der Waals surface area contributed by atoms with Crippen LogP contribution in [-0.4, -0.2) is 42.0 Å². The third-order valence-corrected chi connectivity index (χ3v) is 5.69. The summed E-state index contributed by atoms with van der Waals surface area (Å²) in [6, 6.07) is 14.6. The van der Waals surface area contributed by atoms with Crippen molar-refractivity contribution in [2.24, 2.45) is 5.92 Å². The van der Waals surface area contributed by atoms with E-state index in [2.05, 4.69) is 40.2 Å². The Morgan fingerprint density at radius 2 is 1.69 bits per heavy atom. The summed E-state index contributed by atoms with van der Waals surface area (Å²) in [7, 11) is 0. The van der Waals surface area contributed by atoms with E-state index in [1.165, 1.54) is 5.56 Å². The van der Waals surface area contributed by atoms with E-state index >= 15 is 0 Å². The molecule has 0 N–H and O–H groups in total. The first-order valence-corrected chi connectivity index (χ1v) is 9.84. The second-order valence-electron chi connectivity index (χ2n) is 7.49. The molecule has 4 heteroatoms. The molecule has 0 bridgehead atoms. The van der Waals surface area contributed by atoms with Gasteiger partial charge in [0.15, 0.2) is 0 Å². The van der Waals surface area contributed by atoms with E-state index in [1.54, 1.807) is 0 Å². The highest BCUT2D eigenvalue weighted by Crippen LogP contribution is 2.28. The highest BCUT2D eigenvalue weighted by atomic mass is 16.2. The first-order chi connectivity index (χ1) is 12.8. The molecule has 2 fully saturated rings. The van der Waals surface area contributed by atoms with Gasteiger partial charge in [-0.05, 0) is 55.7 Å². The van der Waals surface area contributed by atoms with E-state index in [0.717, 1.165) is 75.6 Å². The molecule has 1 aromatic carbocycles. The maximum Gasteiger partial charge on any atom is 0.257 e. The number of carbonyl (C=O) groups is 1. The number of likely N-dealkylation sites (tertiary alicyclic amines) is 1. The average molecular weight is 349 g/mol.